The monoisotopic (exact) mass is 638 g/mol. The third-order valence-corrected chi connectivity index (χ3v) is 6.33. The van der Waals surface area contributed by atoms with Gasteiger partial charge in [-0.2, -0.15) is 12.6 Å². The van der Waals surface area contributed by atoms with Gasteiger partial charge in [-0.15, -0.1) is 0 Å². The first-order valence-corrected chi connectivity index (χ1v) is 15.3. The second kappa shape index (κ2) is 24.9. The van der Waals surface area contributed by atoms with Gasteiger partial charge < -0.3 is 30.6 Å². The number of hydrogen-bond donors (Lipinski definition) is 4. The van der Waals surface area contributed by atoms with Crippen molar-refractivity contribution in [1.29, 1.82) is 0 Å². The topological polar surface area (TPSA) is 90.1 Å². The van der Waals surface area contributed by atoms with Crippen LogP contribution >= 0.6 is 35.8 Å². The van der Waals surface area contributed by atoms with Crippen LogP contribution in [0.2, 0.25) is 10.0 Å². The number of benzene rings is 2. The standard InChI is InChI=1S/C23H34Cl2N4O3.C7H8S.C2H6/c1-6-31-20(13-26)14-32-18(4)11-17(3)27-15-28-23(16(2)9-10-30-5)29-19-7-8-21(24)22(25)12-19;8-6-7-4-2-1-3-5-7;1-2/h7-12,20,28-29H,6,13-15,26H2,1-5H3;1-5,8H,6H2;1-2H3/b10-9+,18-11+,23-16-,27-17+;;. The molecule has 0 aliphatic carbocycles. The Morgan fingerprint density at radius 3 is 2.31 bits per heavy atom. The van der Waals surface area contributed by atoms with Crippen LogP contribution in [0.5, 0.6) is 0 Å². The fraction of sp³-hybridized carbons (Fsp3) is 0.406. The van der Waals surface area contributed by atoms with Gasteiger partial charge in [0.15, 0.2) is 0 Å². The molecule has 1 atom stereocenters. The molecule has 0 bridgehead atoms. The summed E-state index contributed by atoms with van der Waals surface area (Å²) in [6.07, 6.45) is 5.19. The van der Waals surface area contributed by atoms with Crippen molar-refractivity contribution in [1.82, 2.24) is 5.32 Å². The summed E-state index contributed by atoms with van der Waals surface area (Å²) in [5.41, 5.74) is 9.47. The molecule has 2 rings (SSSR count). The molecule has 0 saturated heterocycles. The van der Waals surface area contributed by atoms with Crippen LogP contribution in [0.15, 0.2) is 89.1 Å². The molecule has 7 nitrogen and oxygen atoms in total. The summed E-state index contributed by atoms with van der Waals surface area (Å²) in [5, 5.41) is 7.55. The molecule has 0 fully saturated rings. The van der Waals surface area contributed by atoms with Gasteiger partial charge in [-0.3, -0.25) is 4.99 Å². The minimum Gasteiger partial charge on any atom is -0.504 e. The number of anilines is 1. The fourth-order valence-corrected chi connectivity index (χ4v) is 3.62. The van der Waals surface area contributed by atoms with Gasteiger partial charge in [-0.1, -0.05) is 67.4 Å². The van der Waals surface area contributed by atoms with Crippen molar-refractivity contribution < 1.29 is 14.2 Å². The molecule has 0 radical (unpaired) electrons. The highest BCUT2D eigenvalue weighted by molar-refractivity contribution is 7.79. The molecule has 0 aliphatic rings. The molecule has 1 unspecified atom stereocenters. The number of allylic oxidation sites excluding steroid dienone is 4. The van der Waals surface area contributed by atoms with Crippen LogP contribution in [0.4, 0.5) is 5.69 Å². The quantitative estimate of drug-likeness (QED) is 0.0680. The average Bonchev–Trinajstić information content (AvgIpc) is 3.01. The van der Waals surface area contributed by atoms with Gasteiger partial charge >= 0.3 is 0 Å². The Balaban J connectivity index is 0.00000142. The molecule has 0 aromatic heterocycles. The first-order valence-electron chi connectivity index (χ1n) is 13.9. The Labute approximate surface area is 268 Å². The number of aliphatic imine (C=N–C) groups is 1. The first kappa shape index (κ1) is 39.4. The predicted octanol–water partition coefficient (Wildman–Crippen LogP) is 8.23. The number of hydrogen-bond acceptors (Lipinski definition) is 8. The van der Waals surface area contributed by atoms with Gasteiger partial charge in [0.05, 0.1) is 29.2 Å². The molecule has 42 heavy (non-hydrogen) atoms. The van der Waals surface area contributed by atoms with Crippen LogP contribution in [0.1, 0.15) is 47.1 Å². The molecular formula is C32H48Cl2N4O3S. The number of nitrogens with zero attached hydrogens (tertiary/aromatic N) is 1. The fourth-order valence-electron chi connectivity index (χ4n) is 3.11. The minimum absolute atomic E-state index is 0.120. The van der Waals surface area contributed by atoms with Crippen LogP contribution in [-0.2, 0) is 20.0 Å². The number of ether oxygens (including phenoxy) is 3. The van der Waals surface area contributed by atoms with Crippen LogP contribution in [-0.4, -0.2) is 45.4 Å². The van der Waals surface area contributed by atoms with Crippen molar-refractivity contribution in [3.05, 3.63) is 99.7 Å². The zero-order valence-electron chi connectivity index (χ0n) is 25.9. The first-order chi connectivity index (χ1) is 20.2. The van der Waals surface area contributed by atoms with Gasteiger partial charge in [0, 0.05) is 30.3 Å². The van der Waals surface area contributed by atoms with Crippen molar-refractivity contribution in [3.63, 3.8) is 0 Å². The van der Waals surface area contributed by atoms with Crippen molar-refractivity contribution in [2.45, 2.75) is 53.4 Å². The number of halogens is 2. The van der Waals surface area contributed by atoms with E-state index < -0.39 is 0 Å². The highest BCUT2D eigenvalue weighted by Gasteiger charge is 2.07. The number of methoxy groups -OCH3 is 1. The van der Waals surface area contributed by atoms with E-state index in [-0.39, 0.29) is 6.10 Å². The van der Waals surface area contributed by atoms with Gasteiger partial charge in [0.1, 0.15) is 25.2 Å². The lowest BCUT2D eigenvalue weighted by Gasteiger charge is -2.16. The van der Waals surface area contributed by atoms with Crippen LogP contribution in [0.25, 0.3) is 0 Å². The van der Waals surface area contributed by atoms with E-state index in [2.05, 4.69) is 40.4 Å². The Kier molecular flexibility index (Phi) is 23.4. The Hall–Kier alpha value is -2.62. The zero-order valence-corrected chi connectivity index (χ0v) is 28.3. The van der Waals surface area contributed by atoms with Crippen molar-refractivity contribution in [2.75, 3.05) is 38.9 Å². The SMILES string of the molecule is CC.CCOC(CN)CO/C(C)=C/C(C)=N/CN/C(Nc1ccc(Cl)c(Cl)c1)=C(C)/C=C/OC.SCc1ccccc1. The van der Waals surface area contributed by atoms with Gasteiger partial charge in [-0.05, 0) is 69.2 Å². The molecular weight excluding hydrogens is 591 g/mol. The lowest BCUT2D eigenvalue weighted by atomic mass is 10.2. The molecule has 0 spiro atoms. The molecule has 234 valence electrons. The Morgan fingerprint density at radius 2 is 1.76 bits per heavy atom. The molecule has 10 heteroatoms. The van der Waals surface area contributed by atoms with Gasteiger partial charge in [0.2, 0.25) is 0 Å². The molecule has 2 aromatic rings. The molecule has 2 aromatic carbocycles. The van der Waals surface area contributed by atoms with Gasteiger partial charge in [-0.25, -0.2) is 0 Å². The van der Waals surface area contributed by atoms with Crippen LogP contribution in [0.3, 0.4) is 0 Å². The molecule has 0 saturated carbocycles. The second-order valence-corrected chi connectivity index (χ2v) is 9.64. The molecule has 0 amide bonds. The highest BCUT2D eigenvalue weighted by atomic mass is 35.5. The maximum Gasteiger partial charge on any atom is 0.115 e. The van der Waals surface area contributed by atoms with E-state index in [0.717, 1.165) is 34.3 Å². The van der Waals surface area contributed by atoms with Crippen LogP contribution in [0, 0.1) is 0 Å². The predicted molar refractivity (Wildman–Crippen MR) is 185 cm³/mol. The Morgan fingerprint density at radius 1 is 1.07 bits per heavy atom. The summed E-state index contributed by atoms with van der Waals surface area (Å²) >= 11 is 16.2. The van der Waals surface area contributed by atoms with Crippen LogP contribution < -0.4 is 16.4 Å². The molecule has 4 N–H and O–H groups in total. The van der Waals surface area contributed by atoms with Crippen molar-refractivity contribution in [2.24, 2.45) is 10.7 Å². The lowest BCUT2D eigenvalue weighted by molar-refractivity contribution is 0.0143. The average molecular weight is 640 g/mol. The minimum atomic E-state index is -0.120. The lowest BCUT2D eigenvalue weighted by Crippen LogP contribution is -2.28. The highest BCUT2D eigenvalue weighted by Crippen LogP contribution is 2.25. The summed E-state index contributed by atoms with van der Waals surface area (Å²) in [6.45, 7) is 13.4. The van der Waals surface area contributed by atoms with E-state index in [1.807, 2.05) is 78.0 Å². The Bertz CT molecular complexity index is 1130. The maximum atomic E-state index is 6.13. The largest absolute Gasteiger partial charge is 0.504 e. The van der Waals surface area contributed by atoms with Crippen molar-refractivity contribution >= 4 is 47.2 Å². The summed E-state index contributed by atoms with van der Waals surface area (Å²) < 4.78 is 16.2. The summed E-state index contributed by atoms with van der Waals surface area (Å²) in [5.74, 6) is 2.34. The summed E-state index contributed by atoms with van der Waals surface area (Å²) in [7, 11) is 1.60. The number of nitrogens with two attached hydrogens (primary N) is 1. The van der Waals surface area contributed by atoms with E-state index in [4.69, 9.17) is 43.1 Å². The smallest absolute Gasteiger partial charge is 0.115 e. The van der Waals surface area contributed by atoms with Crippen molar-refractivity contribution in [3.8, 4) is 0 Å². The maximum absolute atomic E-state index is 6.13. The summed E-state index contributed by atoms with van der Waals surface area (Å²) in [6, 6.07) is 15.5. The van der Waals surface area contributed by atoms with Gasteiger partial charge in [0.25, 0.3) is 0 Å². The molecule has 0 aliphatic heterocycles. The van der Waals surface area contributed by atoms with E-state index in [0.29, 0.717) is 36.5 Å². The van der Waals surface area contributed by atoms with E-state index >= 15 is 0 Å². The summed E-state index contributed by atoms with van der Waals surface area (Å²) in [4.78, 5) is 4.54. The normalized spacial score (nSPS) is 12.7. The van der Waals surface area contributed by atoms with E-state index in [1.165, 1.54) is 5.56 Å². The number of nitrogens with one attached hydrogen (secondary N) is 2. The second-order valence-electron chi connectivity index (χ2n) is 8.51. The number of thiol groups is 1. The zero-order chi connectivity index (χ0) is 31.8. The third kappa shape index (κ3) is 18.0. The molecule has 0 heterocycles. The van der Waals surface area contributed by atoms with E-state index in [9.17, 15) is 0 Å². The third-order valence-electron chi connectivity index (χ3n) is 5.22. The van der Waals surface area contributed by atoms with E-state index in [1.54, 1.807) is 25.5 Å². The number of rotatable bonds is 15.